The molecule has 2 amide bonds. The molecule has 0 heterocycles. The van der Waals surface area contributed by atoms with Crippen molar-refractivity contribution in [1.82, 2.24) is 10.2 Å². The Hall–Kier alpha value is -2.24. The highest BCUT2D eigenvalue weighted by Crippen LogP contribution is 2.24. The fraction of sp³-hybridized carbons (Fsp3) is 0.417. The lowest BCUT2D eigenvalue weighted by atomic mass is 10.1. The summed E-state index contributed by atoms with van der Waals surface area (Å²) < 4.78 is 5.67. The molecule has 0 radical (unpaired) electrons. The van der Waals surface area contributed by atoms with Gasteiger partial charge in [-0.3, -0.25) is 9.59 Å². The van der Waals surface area contributed by atoms with E-state index in [1.54, 1.807) is 24.0 Å². The van der Waals surface area contributed by atoms with Crippen molar-refractivity contribution in [3.05, 3.63) is 64.1 Å². The molecule has 0 aromatic heterocycles. The lowest BCUT2D eigenvalue weighted by molar-refractivity contribution is -0.140. The first kappa shape index (κ1) is 25.0. The minimum Gasteiger partial charge on any atom is -0.494 e. The summed E-state index contributed by atoms with van der Waals surface area (Å²) in [4.78, 5) is 27.2. The summed E-state index contributed by atoms with van der Waals surface area (Å²) in [6.07, 6.45) is 2.72. The second-order valence-electron chi connectivity index (χ2n) is 7.36. The van der Waals surface area contributed by atoms with Gasteiger partial charge in [-0.25, -0.2) is 0 Å². The van der Waals surface area contributed by atoms with Gasteiger partial charge in [0.1, 0.15) is 11.8 Å². The monoisotopic (exact) mass is 464 g/mol. The number of hydrogen-bond donors (Lipinski definition) is 1. The number of hydrogen-bond acceptors (Lipinski definition) is 3. The van der Waals surface area contributed by atoms with Crippen LogP contribution in [-0.4, -0.2) is 35.9 Å². The smallest absolute Gasteiger partial charge is 0.242 e. The Balaban J connectivity index is 2.01. The van der Waals surface area contributed by atoms with Gasteiger partial charge in [-0.1, -0.05) is 60.8 Å². The average molecular weight is 465 g/mol. The SMILES string of the molecule is CCCCNC(=O)[C@@H](C)N(Cc1ccc(Cl)c(Cl)c1)C(=O)CCCOc1ccccc1. The zero-order valence-corrected chi connectivity index (χ0v) is 19.6. The first-order valence-corrected chi connectivity index (χ1v) is 11.4. The average Bonchev–Trinajstić information content (AvgIpc) is 2.77. The number of unbranched alkanes of at least 4 members (excludes halogenated alkanes) is 1. The summed E-state index contributed by atoms with van der Waals surface area (Å²) >= 11 is 12.1. The van der Waals surface area contributed by atoms with Crippen LogP contribution in [0.2, 0.25) is 10.0 Å². The molecule has 2 aromatic rings. The highest BCUT2D eigenvalue weighted by atomic mass is 35.5. The molecule has 0 spiro atoms. The molecule has 0 unspecified atom stereocenters. The maximum absolute atomic E-state index is 13.0. The Labute approximate surface area is 194 Å². The molecule has 2 aromatic carbocycles. The highest BCUT2D eigenvalue weighted by molar-refractivity contribution is 6.42. The van der Waals surface area contributed by atoms with Gasteiger partial charge in [0.15, 0.2) is 0 Å². The van der Waals surface area contributed by atoms with Crippen molar-refractivity contribution in [1.29, 1.82) is 0 Å². The zero-order chi connectivity index (χ0) is 22.6. The van der Waals surface area contributed by atoms with Gasteiger partial charge in [-0.15, -0.1) is 0 Å². The number of nitrogens with zero attached hydrogens (tertiary/aromatic N) is 1. The molecule has 0 fully saturated rings. The number of ether oxygens (including phenoxy) is 1. The van der Waals surface area contributed by atoms with E-state index in [9.17, 15) is 9.59 Å². The van der Waals surface area contributed by atoms with E-state index >= 15 is 0 Å². The number of para-hydroxylation sites is 1. The van der Waals surface area contributed by atoms with Gasteiger partial charge in [-0.05, 0) is 49.6 Å². The Bertz CT molecular complexity index is 846. The molecule has 0 aliphatic carbocycles. The van der Waals surface area contributed by atoms with Crippen molar-refractivity contribution in [3.63, 3.8) is 0 Å². The van der Waals surface area contributed by atoms with Crippen LogP contribution < -0.4 is 10.1 Å². The molecule has 0 saturated carbocycles. The normalized spacial score (nSPS) is 11.6. The molecule has 0 aliphatic heterocycles. The van der Waals surface area contributed by atoms with Crippen LogP contribution in [0.15, 0.2) is 48.5 Å². The molecule has 0 aliphatic rings. The number of rotatable bonds is 12. The lowest BCUT2D eigenvalue weighted by Gasteiger charge is -2.29. The summed E-state index contributed by atoms with van der Waals surface area (Å²) in [7, 11) is 0. The minimum absolute atomic E-state index is 0.110. The number of nitrogens with one attached hydrogen (secondary N) is 1. The second-order valence-corrected chi connectivity index (χ2v) is 8.17. The predicted molar refractivity (Wildman–Crippen MR) is 126 cm³/mol. The summed E-state index contributed by atoms with van der Waals surface area (Å²) in [5.74, 6) is 0.495. The summed E-state index contributed by atoms with van der Waals surface area (Å²) in [6, 6.07) is 14.1. The maximum Gasteiger partial charge on any atom is 0.242 e. The number of benzene rings is 2. The van der Waals surface area contributed by atoms with Gasteiger partial charge < -0.3 is 15.0 Å². The Morgan fingerprint density at radius 1 is 1.06 bits per heavy atom. The summed E-state index contributed by atoms with van der Waals surface area (Å²) in [5, 5.41) is 3.78. The second kappa shape index (κ2) is 13.2. The first-order chi connectivity index (χ1) is 14.9. The number of carbonyl (C=O) groups excluding carboxylic acids is 2. The molecule has 0 saturated heterocycles. The van der Waals surface area contributed by atoms with E-state index in [-0.39, 0.29) is 24.8 Å². The van der Waals surface area contributed by atoms with Crippen molar-refractivity contribution >= 4 is 35.0 Å². The van der Waals surface area contributed by atoms with E-state index in [2.05, 4.69) is 12.2 Å². The van der Waals surface area contributed by atoms with Gasteiger partial charge >= 0.3 is 0 Å². The molecule has 7 heteroatoms. The van der Waals surface area contributed by atoms with Crippen molar-refractivity contribution in [2.24, 2.45) is 0 Å². The highest BCUT2D eigenvalue weighted by Gasteiger charge is 2.25. The van der Waals surface area contributed by atoms with E-state index in [1.807, 2.05) is 36.4 Å². The zero-order valence-electron chi connectivity index (χ0n) is 18.1. The van der Waals surface area contributed by atoms with E-state index in [1.165, 1.54) is 0 Å². The molecule has 0 bridgehead atoms. The van der Waals surface area contributed by atoms with Gasteiger partial charge in [0.05, 0.1) is 16.7 Å². The van der Waals surface area contributed by atoms with Crippen LogP contribution >= 0.6 is 23.2 Å². The Morgan fingerprint density at radius 3 is 2.48 bits per heavy atom. The van der Waals surface area contributed by atoms with Crippen LogP contribution in [0.5, 0.6) is 5.75 Å². The third-order valence-electron chi connectivity index (χ3n) is 4.88. The largest absolute Gasteiger partial charge is 0.494 e. The van der Waals surface area contributed by atoms with Crippen LogP contribution in [-0.2, 0) is 16.1 Å². The van der Waals surface area contributed by atoms with E-state index < -0.39 is 6.04 Å². The van der Waals surface area contributed by atoms with Crippen LogP contribution in [0, 0.1) is 0 Å². The van der Waals surface area contributed by atoms with E-state index in [0.717, 1.165) is 24.2 Å². The molecular formula is C24H30Cl2N2O3. The van der Waals surface area contributed by atoms with Crippen molar-refractivity contribution in [2.45, 2.75) is 52.1 Å². The molecule has 1 atom stereocenters. The van der Waals surface area contributed by atoms with Crippen LogP contribution in [0.4, 0.5) is 0 Å². The van der Waals surface area contributed by atoms with Gasteiger partial charge in [0.25, 0.3) is 0 Å². The molecular weight excluding hydrogens is 435 g/mol. The van der Waals surface area contributed by atoms with Crippen molar-refractivity contribution < 1.29 is 14.3 Å². The fourth-order valence-corrected chi connectivity index (χ4v) is 3.35. The van der Waals surface area contributed by atoms with E-state index in [4.69, 9.17) is 27.9 Å². The quantitative estimate of drug-likeness (QED) is 0.422. The molecule has 168 valence electrons. The van der Waals surface area contributed by atoms with Crippen LogP contribution in [0.3, 0.4) is 0 Å². The van der Waals surface area contributed by atoms with Crippen molar-refractivity contribution in [3.8, 4) is 5.75 Å². The van der Waals surface area contributed by atoms with Gasteiger partial charge in [-0.2, -0.15) is 0 Å². The molecule has 2 rings (SSSR count). The number of amides is 2. The third-order valence-corrected chi connectivity index (χ3v) is 5.62. The predicted octanol–water partition coefficient (Wildman–Crippen LogP) is 5.49. The Morgan fingerprint density at radius 2 is 1.81 bits per heavy atom. The Kier molecular flexibility index (Phi) is 10.7. The number of carbonyl (C=O) groups is 2. The van der Waals surface area contributed by atoms with Crippen LogP contribution in [0.25, 0.3) is 0 Å². The standard InChI is InChI=1S/C24H30Cl2N2O3/c1-3-4-14-27-24(30)18(2)28(17-19-12-13-21(25)22(26)16-19)23(29)11-8-15-31-20-9-6-5-7-10-20/h5-7,9-10,12-13,16,18H,3-4,8,11,14-15,17H2,1-2H3,(H,27,30)/t18-/m1/s1. The van der Waals surface area contributed by atoms with Crippen LogP contribution in [0.1, 0.15) is 45.1 Å². The molecule has 1 N–H and O–H groups in total. The van der Waals surface area contributed by atoms with E-state index in [0.29, 0.717) is 29.6 Å². The maximum atomic E-state index is 13.0. The summed E-state index contributed by atoms with van der Waals surface area (Å²) in [6.45, 7) is 5.11. The lowest BCUT2D eigenvalue weighted by Crippen LogP contribution is -2.47. The summed E-state index contributed by atoms with van der Waals surface area (Å²) in [5.41, 5.74) is 0.816. The van der Waals surface area contributed by atoms with Gasteiger partial charge in [0.2, 0.25) is 11.8 Å². The minimum atomic E-state index is -0.603. The number of halogens is 2. The molecule has 31 heavy (non-hydrogen) atoms. The van der Waals surface area contributed by atoms with Gasteiger partial charge in [0, 0.05) is 19.5 Å². The third kappa shape index (κ3) is 8.42. The first-order valence-electron chi connectivity index (χ1n) is 10.6. The van der Waals surface area contributed by atoms with Crippen molar-refractivity contribution in [2.75, 3.05) is 13.2 Å². The fourth-order valence-electron chi connectivity index (χ4n) is 3.03. The molecule has 5 nitrogen and oxygen atoms in total. The topological polar surface area (TPSA) is 58.6 Å².